The van der Waals surface area contributed by atoms with Gasteiger partial charge in [-0.15, -0.1) is 0 Å². The molecule has 1 amide bonds. The molecule has 7 heteroatoms. The summed E-state index contributed by atoms with van der Waals surface area (Å²) in [6.07, 6.45) is 4.80. The third-order valence-corrected chi connectivity index (χ3v) is 4.35. The molecule has 3 rings (SSSR count). The Kier molecular flexibility index (Phi) is 4.98. The highest BCUT2D eigenvalue weighted by molar-refractivity contribution is 6.39. The van der Waals surface area contributed by atoms with E-state index in [1.165, 1.54) is 6.42 Å². The summed E-state index contributed by atoms with van der Waals surface area (Å²) in [6, 6.07) is 6.82. The molecule has 1 N–H and O–H groups in total. The van der Waals surface area contributed by atoms with Gasteiger partial charge in [0.05, 0.1) is 15.7 Å². The molecule has 120 valence electrons. The summed E-state index contributed by atoms with van der Waals surface area (Å²) >= 11 is 12.3. The highest BCUT2D eigenvalue weighted by Gasteiger charge is 2.20. The Morgan fingerprint density at radius 3 is 2.48 bits per heavy atom. The molecule has 0 spiro atoms. The van der Waals surface area contributed by atoms with E-state index in [1.54, 1.807) is 30.5 Å². The van der Waals surface area contributed by atoms with E-state index < -0.39 is 0 Å². The van der Waals surface area contributed by atoms with Crippen molar-refractivity contribution in [3.63, 3.8) is 0 Å². The second-order valence-electron chi connectivity index (χ2n) is 5.34. The van der Waals surface area contributed by atoms with Crippen molar-refractivity contribution in [2.75, 3.05) is 18.4 Å². The largest absolute Gasteiger partial charge is 0.337 e. The number of nitrogens with zero attached hydrogens (tertiary/aromatic N) is 3. The van der Waals surface area contributed by atoms with Gasteiger partial charge in [-0.05, 0) is 37.5 Å². The maximum atomic E-state index is 12.5. The van der Waals surface area contributed by atoms with Crippen LogP contribution in [0.15, 0.2) is 30.5 Å². The molecule has 0 radical (unpaired) electrons. The number of piperidine rings is 1. The van der Waals surface area contributed by atoms with E-state index in [0.29, 0.717) is 27.4 Å². The van der Waals surface area contributed by atoms with Gasteiger partial charge in [0.15, 0.2) is 0 Å². The molecule has 1 aromatic heterocycles. The van der Waals surface area contributed by atoms with Crippen molar-refractivity contribution in [1.29, 1.82) is 0 Å². The lowest BCUT2D eigenvalue weighted by Gasteiger charge is -2.26. The molecule has 0 aliphatic carbocycles. The molecule has 1 aliphatic heterocycles. The quantitative estimate of drug-likeness (QED) is 0.902. The summed E-state index contributed by atoms with van der Waals surface area (Å²) in [4.78, 5) is 22.8. The van der Waals surface area contributed by atoms with Crippen molar-refractivity contribution in [3.8, 4) is 0 Å². The van der Waals surface area contributed by atoms with Gasteiger partial charge in [-0.1, -0.05) is 29.3 Å². The molecule has 23 heavy (non-hydrogen) atoms. The molecule has 0 saturated carbocycles. The van der Waals surface area contributed by atoms with Crippen LogP contribution in [-0.4, -0.2) is 33.9 Å². The minimum Gasteiger partial charge on any atom is -0.337 e. The lowest BCUT2D eigenvalue weighted by Crippen LogP contribution is -2.36. The second-order valence-corrected chi connectivity index (χ2v) is 6.15. The van der Waals surface area contributed by atoms with Crippen molar-refractivity contribution in [2.45, 2.75) is 19.3 Å². The number of rotatable bonds is 3. The third-order valence-electron chi connectivity index (χ3n) is 3.72. The molecular weight excluding hydrogens is 335 g/mol. The van der Waals surface area contributed by atoms with Gasteiger partial charge >= 0.3 is 0 Å². The number of halogens is 2. The van der Waals surface area contributed by atoms with Gasteiger partial charge in [0.25, 0.3) is 5.91 Å². The van der Waals surface area contributed by atoms with Crippen LogP contribution >= 0.6 is 23.2 Å². The van der Waals surface area contributed by atoms with Crippen LogP contribution in [0, 0.1) is 0 Å². The van der Waals surface area contributed by atoms with E-state index in [2.05, 4.69) is 15.3 Å². The number of anilines is 2. The average Bonchev–Trinajstić information content (AvgIpc) is 2.59. The molecule has 1 aliphatic rings. The number of carbonyl (C=O) groups excluding carboxylic acids is 1. The van der Waals surface area contributed by atoms with Crippen LogP contribution in [0.3, 0.4) is 0 Å². The highest BCUT2D eigenvalue weighted by atomic mass is 35.5. The van der Waals surface area contributed by atoms with Crippen molar-refractivity contribution < 1.29 is 4.79 Å². The molecule has 0 bridgehead atoms. The summed E-state index contributed by atoms with van der Waals surface area (Å²) in [5.74, 6) is 0.225. The smallest absolute Gasteiger partial charge is 0.272 e. The summed E-state index contributed by atoms with van der Waals surface area (Å²) in [7, 11) is 0. The Morgan fingerprint density at radius 1 is 1.09 bits per heavy atom. The number of para-hydroxylation sites is 1. The molecule has 1 fully saturated rings. The number of carbonyl (C=O) groups is 1. The van der Waals surface area contributed by atoms with E-state index in [1.807, 2.05) is 4.90 Å². The van der Waals surface area contributed by atoms with Crippen LogP contribution < -0.4 is 5.32 Å². The fraction of sp³-hybridized carbons (Fsp3) is 0.312. The molecule has 5 nitrogen and oxygen atoms in total. The first-order valence-electron chi connectivity index (χ1n) is 7.48. The predicted octanol–water partition coefficient (Wildman–Crippen LogP) is 4.15. The molecular formula is C16H16Cl2N4O. The maximum absolute atomic E-state index is 12.5. The average molecular weight is 351 g/mol. The lowest BCUT2D eigenvalue weighted by atomic mass is 10.1. The van der Waals surface area contributed by atoms with Gasteiger partial charge < -0.3 is 10.2 Å². The molecule has 1 saturated heterocycles. The second kappa shape index (κ2) is 7.15. The Labute approximate surface area is 144 Å². The zero-order valence-corrected chi connectivity index (χ0v) is 13.9. The predicted molar refractivity (Wildman–Crippen MR) is 91.5 cm³/mol. The topological polar surface area (TPSA) is 58.1 Å². The minimum absolute atomic E-state index is 0.0691. The number of benzene rings is 1. The van der Waals surface area contributed by atoms with E-state index in [9.17, 15) is 4.79 Å². The number of hydrogen-bond acceptors (Lipinski definition) is 4. The van der Waals surface area contributed by atoms with Crippen molar-refractivity contribution in [3.05, 3.63) is 46.2 Å². The van der Waals surface area contributed by atoms with E-state index in [0.717, 1.165) is 25.9 Å². The van der Waals surface area contributed by atoms with Gasteiger partial charge in [-0.2, -0.15) is 0 Å². The summed E-state index contributed by atoms with van der Waals surface area (Å²) in [5.41, 5.74) is 0.894. The highest BCUT2D eigenvalue weighted by Crippen LogP contribution is 2.31. The summed E-state index contributed by atoms with van der Waals surface area (Å²) in [6.45, 7) is 1.56. The fourth-order valence-corrected chi connectivity index (χ4v) is 3.02. The van der Waals surface area contributed by atoms with E-state index >= 15 is 0 Å². The first-order chi connectivity index (χ1) is 11.1. The van der Waals surface area contributed by atoms with Gasteiger partial charge in [0.1, 0.15) is 5.69 Å². The molecule has 0 atom stereocenters. The van der Waals surface area contributed by atoms with Crippen LogP contribution in [0.5, 0.6) is 0 Å². The maximum Gasteiger partial charge on any atom is 0.272 e. The van der Waals surface area contributed by atoms with Crippen molar-refractivity contribution in [2.24, 2.45) is 0 Å². The molecule has 0 unspecified atom stereocenters. The SMILES string of the molecule is O=C(c1ccnc(Nc2c(Cl)cccc2Cl)n1)N1CCCCC1. The van der Waals surface area contributed by atoms with Gasteiger partial charge in [-0.3, -0.25) is 4.79 Å². The lowest BCUT2D eigenvalue weighted by molar-refractivity contribution is 0.0718. The van der Waals surface area contributed by atoms with Crippen molar-refractivity contribution in [1.82, 2.24) is 14.9 Å². The number of amides is 1. The zero-order chi connectivity index (χ0) is 16.2. The Hall–Kier alpha value is -1.85. The molecule has 2 heterocycles. The number of aromatic nitrogens is 2. The van der Waals surface area contributed by atoms with Gasteiger partial charge in [-0.25, -0.2) is 9.97 Å². The minimum atomic E-state index is -0.0691. The Balaban J connectivity index is 1.81. The Morgan fingerprint density at radius 2 is 1.78 bits per heavy atom. The molecule has 1 aromatic carbocycles. The number of nitrogens with one attached hydrogen (secondary N) is 1. The van der Waals surface area contributed by atoms with Gasteiger partial charge in [0, 0.05) is 19.3 Å². The number of hydrogen-bond donors (Lipinski definition) is 1. The first-order valence-corrected chi connectivity index (χ1v) is 8.24. The Bertz CT molecular complexity index is 697. The third kappa shape index (κ3) is 3.74. The van der Waals surface area contributed by atoms with Crippen LogP contribution in [0.2, 0.25) is 10.0 Å². The monoisotopic (exact) mass is 350 g/mol. The van der Waals surface area contributed by atoms with Crippen LogP contribution in [0.4, 0.5) is 11.6 Å². The number of likely N-dealkylation sites (tertiary alicyclic amines) is 1. The normalized spacial score (nSPS) is 14.6. The summed E-state index contributed by atoms with van der Waals surface area (Å²) in [5, 5.41) is 3.91. The van der Waals surface area contributed by atoms with E-state index in [-0.39, 0.29) is 5.91 Å². The fourth-order valence-electron chi connectivity index (χ4n) is 2.53. The zero-order valence-electron chi connectivity index (χ0n) is 12.4. The standard InChI is InChI=1S/C16H16Cl2N4O/c17-11-5-4-6-12(18)14(11)21-16-19-8-7-13(20-16)15(23)22-9-2-1-3-10-22/h4-8H,1-3,9-10H2,(H,19,20,21). The van der Waals surface area contributed by atoms with Crippen molar-refractivity contribution >= 4 is 40.7 Å². The first kappa shape index (κ1) is 16.0. The van der Waals surface area contributed by atoms with Crippen LogP contribution in [-0.2, 0) is 0 Å². The van der Waals surface area contributed by atoms with Crippen LogP contribution in [0.25, 0.3) is 0 Å². The van der Waals surface area contributed by atoms with Gasteiger partial charge in [0.2, 0.25) is 5.95 Å². The summed E-state index contributed by atoms with van der Waals surface area (Å²) < 4.78 is 0. The van der Waals surface area contributed by atoms with Crippen LogP contribution in [0.1, 0.15) is 29.8 Å². The molecule has 2 aromatic rings. The van der Waals surface area contributed by atoms with E-state index in [4.69, 9.17) is 23.2 Å².